The molecule has 1 N–H and O–H groups in total. The summed E-state index contributed by atoms with van der Waals surface area (Å²) < 4.78 is 24.1. The molecule has 3 nitrogen and oxygen atoms in total. The predicted molar refractivity (Wildman–Crippen MR) is 91.4 cm³/mol. The maximum atomic E-state index is 12.3. The molecule has 1 rings (SSSR count). The van der Waals surface area contributed by atoms with Crippen molar-refractivity contribution < 1.29 is 8.42 Å². The molecule has 0 heterocycles. The van der Waals surface area contributed by atoms with Gasteiger partial charge in [0.25, 0.3) is 0 Å². The Morgan fingerprint density at radius 1 is 1.05 bits per heavy atom. The summed E-state index contributed by atoms with van der Waals surface area (Å²) in [5.74, 6) is 1.56. The highest BCUT2D eigenvalue weighted by atomic mass is 32.2. The normalized spacial score (nSPS) is 25.0. The lowest BCUT2D eigenvalue weighted by molar-refractivity contribution is 0.285. The molecule has 0 bridgehead atoms. The molecule has 2 unspecified atom stereocenters. The Bertz CT molecular complexity index is 396. The van der Waals surface area contributed by atoms with Crippen LogP contribution in [0.15, 0.2) is 0 Å². The first-order valence-corrected chi connectivity index (χ1v) is 10.2. The summed E-state index contributed by atoms with van der Waals surface area (Å²) in [4.78, 5) is 0. The zero-order valence-corrected chi connectivity index (χ0v) is 15.4. The van der Waals surface area contributed by atoms with Gasteiger partial charge in [-0.1, -0.05) is 39.5 Å². The van der Waals surface area contributed by atoms with E-state index in [0.717, 1.165) is 13.0 Å². The highest BCUT2D eigenvalue weighted by molar-refractivity contribution is 7.92. The minimum absolute atomic E-state index is 0.347. The molecule has 0 aromatic carbocycles. The summed E-state index contributed by atoms with van der Waals surface area (Å²) in [5.41, 5.74) is 0. The van der Waals surface area contributed by atoms with Crippen molar-refractivity contribution >= 4 is 9.84 Å². The largest absolute Gasteiger partial charge is 0.314 e. The number of hydrogen-bond acceptors (Lipinski definition) is 3. The second kappa shape index (κ2) is 7.96. The molecule has 0 spiro atoms. The van der Waals surface area contributed by atoms with Crippen LogP contribution in [0.5, 0.6) is 0 Å². The zero-order valence-electron chi connectivity index (χ0n) is 14.6. The molecule has 21 heavy (non-hydrogen) atoms. The number of rotatable bonds is 6. The van der Waals surface area contributed by atoms with Gasteiger partial charge in [-0.3, -0.25) is 0 Å². The lowest BCUT2D eigenvalue weighted by Crippen LogP contribution is -2.35. The Kier molecular flexibility index (Phi) is 7.18. The second-order valence-electron chi connectivity index (χ2n) is 7.94. The minimum atomic E-state index is -2.98. The fraction of sp³-hybridized carbons (Fsp3) is 1.00. The Hall–Kier alpha value is -0.0900. The van der Waals surface area contributed by atoms with Crippen LogP contribution in [0.2, 0.25) is 0 Å². The van der Waals surface area contributed by atoms with E-state index in [1.807, 2.05) is 20.8 Å². The third-order valence-corrected chi connectivity index (χ3v) is 7.43. The van der Waals surface area contributed by atoms with Gasteiger partial charge in [0, 0.05) is 6.04 Å². The predicted octanol–water partition coefficient (Wildman–Crippen LogP) is 3.78. The summed E-state index contributed by atoms with van der Waals surface area (Å²) in [6.07, 6.45) is 7.15. The van der Waals surface area contributed by atoms with Gasteiger partial charge in [0.1, 0.15) is 0 Å². The van der Waals surface area contributed by atoms with Crippen LogP contribution in [-0.2, 0) is 9.84 Å². The number of hydrogen-bond donors (Lipinski definition) is 1. The molecule has 4 heteroatoms. The van der Waals surface area contributed by atoms with Crippen molar-refractivity contribution in [1.29, 1.82) is 0 Å². The van der Waals surface area contributed by atoms with Gasteiger partial charge in [0.15, 0.2) is 9.84 Å². The van der Waals surface area contributed by atoms with E-state index in [2.05, 4.69) is 19.2 Å². The quantitative estimate of drug-likeness (QED) is 0.758. The summed E-state index contributed by atoms with van der Waals surface area (Å²) in [7, 11) is -2.98. The van der Waals surface area contributed by atoms with Gasteiger partial charge < -0.3 is 5.32 Å². The van der Waals surface area contributed by atoms with E-state index in [-0.39, 0.29) is 0 Å². The second-order valence-corrected chi connectivity index (χ2v) is 10.8. The van der Waals surface area contributed by atoms with E-state index in [0.29, 0.717) is 23.6 Å². The maximum Gasteiger partial charge on any atom is 0.155 e. The first-order valence-electron chi connectivity index (χ1n) is 8.59. The molecule has 1 fully saturated rings. The average molecular weight is 318 g/mol. The molecule has 0 saturated heterocycles. The number of nitrogens with one attached hydrogen (secondary N) is 1. The fourth-order valence-corrected chi connectivity index (χ4v) is 4.34. The van der Waals surface area contributed by atoms with Crippen LogP contribution in [0.3, 0.4) is 0 Å². The van der Waals surface area contributed by atoms with Crippen molar-refractivity contribution in [3.8, 4) is 0 Å². The van der Waals surface area contributed by atoms with Crippen molar-refractivity contribution in [2.24, 2.45) is 11.8 Å². The molecule has 0 amide bonds. The molecular formula is C17H35NO2S. The van der Waals surface area contributed by atoms with E-state index in [1.165, 1.54) is 32.1 Å². The standard InChI is InChI=1S/C17H35NO2S/c1-14(2)18-13-16-10-8-6-7-9-15(16)11-12-21(19,20)17(3,4)5/h14-16,18H,6-13H2,1-5H3. The minimum Gasteiger partial charge on any atom is -0.314 e. The lowest BCUT2D eigenvalue weighted by Gasteiger charge is -2.28. The van der Waals surface area contributed by atoms with Crippen molar-refractivity contribution in [2.45, 2.75) is 83.9 Å². The van der Waals surface area contributed by atoms with Crippen LogP contribution in [0.1, 0.15) is 73.1 Å². The third-order valence-electron chi connectivity index (χ3n) is 4.80. The molecule has 0 aromatic heterocycles. The van der Waals surface area contributed by atoms with E-state index < -0.39 is 14.6 Å². The Labute approximate surface area is 132 Å². The van der Waals surface area contributed by atoms with E-state index in [9.17, 15) is 8.42 Å². The van der Waals surface area contributed by atoms with Crippen LogP contribution in [-0.4, -0.2) is 31.5 Å². The van der Waals surface area contributed by atoms with Crippen LogP contribution in [0.4, 0.5) is 0 Å². The van der Waals surface area contributed by atoms with Gasteiger partial charge >= 0.3 is 0 Å². The SMILES string of the molecule is CC(C)NCC1CCCCCC1CCS(=O)(=O)C(C)(C)C. The Morgan fingerprint density at radius 2 is 1.62 bits per heavy atom. The van der Waals surface area contributed by atoms with Crippen LogP contribution in [0.25, 0.3) is 0 Å². The smallest absolute Gasteiger partial charge is 0.155 e. The molecule has 0 aliphatic heterocycles. The molecular weight excluding hydrogens is 282 g/mol. The van der Waals surface area contributed by atoms with Crippen molar-refractivity contribution in [3.63, 3.8) is 0 Å². The van der Waals surface area contributed by atoms with E-state index in [1.54, 1.807) is 0 Å². The lowest BCUT2D eigenvalue weighted by atomic mass is 9.86. The van der Waals surface area contributed by atoms with E-state index in [4.69, 9.17) is 0 Å². The van der Waals surface area contributed by atoms with Crippen LogP contribution in [0, 0.1) is 11.8 Å². The Morgan fingerprint density at radius 3 is 2.14 bits per heavy atom. The summed E-state index contributed by atoms with van der Waals surface area (Å²) >= 11 is 0. The first kappa shape index (κ1) is 19.0. The summed E-state index contributed by atoms with van der Waals surface area (Å²) in [5, 5.41) is 3.55. The highest BCUT2D eigenvalue weighted by Crippen LogP contribution is 2.32. The molecule has 1 aliphatic rings. The number of sulfone groups is 1. The van der Waals surface area contributed by atoms with Gasteiger partial charge in [0.2, 0.25) is 0 Å². The third kappa shape index (κ3) is 6.27. The molecule has 1 aliphatic carbocycles. The van der Waals surface area contributed by atoms with Crippen molar-refractivity contribution in [3.05, 3.63) is 0 Å². The molecule has 0 aromatic rings. The Balaban J connectivity index is 2.63. The van der Waals surface area contributed by atoms with Gasteiger partial charge in [0.05, 0.1) is 10.5 Å². The molecule has 1 saturated carbocycles. The van der Waals surface area contributed by atoms with Crippen molar-refractivity contribution in [1.82, 2.24) is 5.32 Å². The maximum absolute atomic E-state index is 12.3. The molecule has 2 atom stereocenters. The molecule has 126 valence electrons. The molecule has 0 radical (unpaired) electrons. The summed E-state index contributed by atoms with van der Waals surface area (Å²) in [6, 6.07) is 0.507. The van der Waals surface area contributed by atoms with Gasteiger partial charge in [-0.05, 0) is 52.0 Å². The van der Waals surface area contributed by atoms with Gasteiger partial charge in [-0.2, -0.15) is 0 Å². The van der Waals surface area contributed by atoms with Crippen LogP contribution < -0.4 is 5.32 Å². The van der Waals surface area contributed by atoms with E-state index >= 15 is 0 Å². The fourth-order valence-electron chi connectivity index (χ4n) is 3.11. The zero-order chi connectivity index (χ0) is 16.1. The van der Waals surface area contributed by atoms with Gasteiger partial charge in [-0.15, -0.1) is 0 Å². The monoisotopic (exact) mass is 317 g/mol. The summed E-state index contributed by atoms with van der Waals surface area (Å²) in [6.45, 7) is 10.8. The topological polar surface area (TPSA) is 46.2 Å². The average Bonchev–Trinajstić information content (AvgIpc) is 2.57. The highest BCUT2D eigenvalue weighted by Gasteiger charge is 2.31. The van der Waals surface area contributed by atoms with Gasteiger partial charge in [-0.25, -0.2) is 8.42 Å². The van der Waals surface area contributed by atoms with Crippen LogP contribution >= 0.6 is 0 Å². The van der Waals surface area contributed by atoms with Crippen molar-refractivity contribution in [2.75, 3.05) is 12.3 Å². The first-order chi connectivity index (χ1) is 9.63.